The molecule has 2 heteroatoms. The van der Waals surface area contributed by atoms with Crippen molar-refractivity contribution in [1.29, 1.82) is 0 Å². The van der Waals surface area contributed by atoms with E-state index in [2.05, 4.69) is 18.8 Å². The maximum Gasteiger partial charge on any atom is 0.0621 e. The van der Waals surface area contributed by atoms with Crippen LogP contribution in [0.25, 0.3) is 0 Å². The lowest BCUT2D eigenvalue weighted by molar-refractivity contribution is 0.462. The molecule has 1 rings (SSSR count). The Hall–Kier alpha value is -0.560. The third kappa shape index (κ3) is 4.98. The van der Waals surface area contributed by atoms with Crippen molar-refractivity contribution in [3.8, 4) is 0 Å². The van der Waals surface area contributed by atoms with Gasteiger partial charge in [0.25, 0.3) is 0 Å². The van der Waals surface area contributed by atoms with Crippen LogP contribution in [-0.2, 0) is 6.42 Å². The summed E-state index contributed by atoms with van der Waals surface area (Å²) in [4.78, 5) is 4.31. The molecule has 0 fully saturated rings. The summed E-state index contributed by atoms with van der Waals surface area (Å²) in [5, 5.41) is 0.809. The highest BCUT2D eigenvalue weighted by molar-refractivity contribution is 6.31. The van der Waals surface area contributed by atoms with Gasteiger partial charge in [-0.2, -0.15) is 0 Å². The molecule has 0 aliphatic rings. The maximum atomic E-state index is 6.07. The van der Waals surface area contributed by atoms with Crippen LogP contribution in [0.1, 0.15) is 51.6 Å². The SMILES string of the molecule is CCCCCC(C)CCc1ncccc1Cl. The number of hydrogen-bond donors (Lipinski definition) is 0. The second-order valence-corrected chi connectivity index (χ2v) is 4.98. The van der Waals surface area contributed by atoms with E-state index in [-0.39, 0.29) is 0 Å². The lowest BCUT2D eigenvalue weighted by atomic mass is 9.97. The topological polar surface area (TPSA) is 12.9 Å². The Morgan fingerprint density at radius 3 is 2.81 bits per heavy atom. The number of rotatable bonds is 7. The number of nitrogens with zero attached hydrogens (tertiary/aromatic N) is 1. The van der Waals surface area contributed by atoms with Crippen molar-refractivity contribution in [2.45, 2.75) is 52.4 Å². The van der Waals surface area contributed by atoms with Crippen LogP contribution >= 0.6 is 11.6 Å². The van der Waals surface area contributed by atoms with E-state index in [0.29, 0.717) is 0 Å². The number of unbranched alkanes of at least 4 members (excludes halogenated alkanes) is 2. The molecular weight excluding hydrogens is 218 g/mol. The minimum Gasteiger partial charge on any atom is -0.260 e. The molecule has 0 saturated heterocycles. The normalized spacial score (nSPS) is 12.7. The number of aryl methyl sites for hydroxylation is 1. The number of aromatic nitrogens is 1. The van der Waals surface area contributed by atoms with Gasteiger partial charge in [0.2, 0.25) is 0 Å². The first kappa shape index (κ1) is 13.5. The van der Waals surface area contributed by atoms with Gasteiger partial charge in [-0.05, 0) is 30.9 Å². The van der Waals surface area contributed by atoms with Crippen LogP contribution in [0.5, 0.6) is 0 Å². The van der Waals surface area contributed by atoms with Crippen LogP contribution < -0.4 is 0 Å². The number of hydrogen-bond acceptors (Lipinski definition) is 1. The summed E-state index contributed by atoms with van der Waals surface area (Å²) < 4.78 is 0. The molecule has 16 heavy (non-hydrogen) atoms. The zero-order chi connectivity index (χ0) is 11.8. The van der Waals surface area contributed by atoms with E-state index in [4.69, 9.17) is 11.6 Å². The Balaban J connectivity index is 2.26. The Morgan fingerprint density at radius 2 is 2.12 bits per heavy atom. The standard InChI is InChI=1S/C14H22ClN/c1-3-4-5-7-12(2)9-10-14-13(15)8-6-11-16-14/h6,8,11-12H,3-5,7,9-10H2,1-2H3. The molecule has 90 valence electrons. The average molecular weight is 240 g/mol. The molecule has 0 aliphatic heterocycles. The summed E-state index contributed by atoms with van der Waals surface area (Å²) in [6.45, 7) is 4.57. The molecular formula is C14H22ClN. The lowest BCUT2D eigenvalue weighted by Crippen LogP contribution is -1.99. The van der Waals surface area contributed by atoms with E-state index < -0.39 is 0 Å². The molecule has 1 heterocycles. The van der Waals surface area contributed by atoms with Crippen LogP contribution in [-0.4, -0.2) is 4.98 Å². The van der Waals surface area contributed by atoms with Crippen LogP contribution in [0.4, 0.5) is 0 Å². The average Bonchev–Trinajstić information content (AvgIpc) is 2.28. The lowest BCUT2D eigenvalue weighted by Gasteiger charge is -2.10. The summed E-state index contributed by atoms with van der Waals surface area (Å²) in [6.07, 6.45) is 9.37. The van der Waals surface area contributed by atoms with Gasteiger partial charge < -0.3 is 0 Å². The van der Waals surface area contributed by atoms with Crippen molar-refractivity contribution in [2.24, 2.45) is 5.92 Å². The van der Waals surface area contributed by atoms with Crippen LogP contribution in [0.3, 0.4) is 0 Å². The number of pyridine rings is 1. The second kappa shape index (κ2) is 7.67. The zero-order valence-corrected chi connectivity index (χ0v) is 11.1. The van der Waals surface area contributed by atoms with Crippen LogP contribution in [0, 0.1) is 5.92 Å². The minimum atomic E-state index is 0.782. The third-order valence-corrected chi connectivity index (χ3v) is 3.35. The van der Waals surface area contributed by atoms with Gasteiger partial charge in [-0.15, -0.1) is 0 Å². The largest absolute Gasteiger partial charge is 0.260 e. The van der Waals surface area contributed by atoms with Crippen molar-refractivity contribution >= 4 is 11.6 Å². The Morgan fingerprint density at radius 1 is 1.31 bits per heavy atom. The van der Waals surface area contributed by atoms with Gasteiger partial charge in [-0.25, -0.2) is 0 Å². The highest BCUT2D eigenvalue weighted by Crippen LogP contribution is 2.19. The molecule has 1 atom stereocenters. The molecule has 1 aromatic heterocycles. The van der Waals surface area contributed by atoms with E-state index in [9.17, 15) is 0 Å². The van der Waals surface area contributed by atoms with Gasteiger partial charge in [0.05, 0.1) is 10.7 Å². The van der Waals surface area contributed by atoms with Crippen molar-refractivity contribution in [3.63, 3.8) is 0 Å². The Bertz CT molecular complexity index is 299. The summed E-state index contributed by atoms with van der Waals surface area (Å²) in [7, 11) is 0. The maximum absolute atomic E-state index is 6.07. The predicted molar refractivity (Wildman–Crippen MR) is 70.9 cm³/mol. The minimum absolute atomic E-state index is 0.782. The summed E-state index contributed by atoms with van der Waals surface area (Å²) in [6, 6.07) is 3.81. The fraction of sp³-hybridized carbons (Fsp3) is 0.643. The second-order valence-electron chi connectivity index (χ2n) is 4.57. The van der Waals surface area contributed by atoms with E-state index >= 15 is 0 Å². The first-order valence-electron chi connectivity index (χ1n) is 6.33. The van der Waals surface area contributed by atoms with E-state index in [1.165, 1.54) is 32.1 Å². The highest BCUT2D eigenvalue weighted by Gasteiger charge is 2.05. The molecule has 0 amide bonds. The van der Waals surface area contributed by atoms with Crippen molar-refractivity contribution in [3.05, 3.63) is 29.0 Å². The van der Waals surface area contributed by atoms with Gasteiger partial charge in [0, 0.05) is 6.20 Å². The van der Waals surface area contributed by atoms with Crippen LogP contribution in [0.15, 0.2) is 18.3 Å². The molecule has 1 unspecified atom stereocenters. The molecule has 1 nitrogen and oxygen atoms in total. The first-order valence-corrected chi connectivity index (χ1v) is 6.71. The smallest absolute Gasteiger partial charge is 0.0621 e. The molecule has 0 spiro atoms. The molecule has 0 N–H and O–H groups in total. The van der Waals surface area contributed by atoms with Crippen LogP contribution in [0.2, 0.25) is 5.02 Å². The summed E-state index contributed by atoms with van der Waals surface area (Å²) in [5.74, 6) is 0.782. The van der Waals surface area contributed by atoms with Crippen molar-refractivity contribution in [1.82, 2.24) is 4.98 Å². The summed E-state index contributed by atoms with van der Waals surface area (Å²) >= 11 is 6.07. The Labute approximate surface area is 104 Å². The van der Waals surface area contributed by atoms with Crippen molar-refractivity contribution < 1.29 is 0 Å². The van der Waals surface area contributed by atoms with Gasteiger partial charge >= 0.3 is 0 Å². The number of halogens is 1. The molecule has 0 saturated carbocycles. The quantitative estimate of drug-likeness (QED) is 0.618. The highest BCUT2D eigenvalue weighted by atomic mass is 35.5. The molecule has 0 radical (unpaired) electrons. The molecule has 0 bridgehead atoms. The van der Waals surface area contributed by atoms with Crippen molar-refractivity contribution in [2.75, 3.05) is 0 Å². The van der Waals surface area contributed by atoms with Gasteiger partial charge in [0.1, 0.15) is 0 Å². The fourth-order valence-corrected chi connectivity index (χ4v) is 2.09. The molecule has 1 aromatic rings. The molecule has 0 aliphatic carbocycles. The van der Waals surface area contributed by atoms with E-state index in [0.717, 1.165) is 23.1 Å². The molecule has 0 aromatic carbocycles. The van der Waals surface area contributed by atoms with E-state index in [1.807, 2.05) is 18.3 Å². The fourth-order valence-electron chi connectivity index (χ4n) is 1.87. The summed E-state index contributed by atoms with van der Waals surface area (Å²) in [5.41, 5.74) is 1.05. The van der Waals surface area contributed by atoms with Gasteiger partial charge in [0.15, 0.2) is 0 Å². The van der Waals surface area contributed by atoms with E-state index in [1.54, 1.807) is 0 Å². The van der Waals surface area contributed by atoms with Gasteiger partial charge in [-0.3, -0.25) is 4.98 Å². The third-order valence-electron chi connectivity index (χ3n) is 3.01. The predicted octanol–water partition coefficient (Wildman–Crippen LogP) is 4.88. The first-order chi connectivity index (χ1) is 7.74. The zero-order valence-electron chi connectivity index (χ0n) is 10.4. The Kier molecular flexibility index (Phi) is 6.47. The monoisotopic (exact) mass is 239 g/mol. The van der Waals surface area contributed by atoms with Gasteiger partial charge in [-0.1, -0.05) is 51.1 Å².